The zero-order valence-electron chi connectivity index (χ0n) is 12.5. The molecule has 3 nitrogen and oxygen atoms in total. The first-order chi connectivity index (χ1) is 10.7. The van der Waals surface area contributed by atoms with Crippen LogP contribution in [0.2, 0.25) is 0 Å². The minimum Gasteiger partial charge on any atom is -0.466 e. The van der Waals surface area contributed by atoms with Crippen molar-refractivity contribution in [1.29, 1.82) is 0 Å². The van der Waals surface area contributed by atoms with Crippen molar-refractivity contribution in [3.05, 3.63) is 77.1 Å². The molecule has 0 saturated carbocycles. The maximum Gasteiger partial charge on any atom is 0.334 e. The molecule has 0 spiro atoms. The summed E-state index contributed by atoms with van der Waals surface area (Å²) in [5, 5.41) is 0. The number of carbonyl (C=O) groups excluding carboxylic acids is 1. The molecule has 1 aliphatic rings. The number of rotatable bonds is 2. The smallest absolute Gasteiger partial charge is 0.334 e. The second kappa shape index (κ2) is 5.90. The van der Waals surface area contributed by atoms with Gasteiger partial charge in [-0.05, 0) is 30.7 Å². The summed E-state index contributed by atoms with van der Waals surface area (Å²) in [7, 11) is 1.35. The topological polar surface area (TPSA) is 35.5 Å². The number of hydrogen-bond acceptors (Lipinski definition) is 3. The van der Waals surface area contributed by atoms with Crippen LogP contribution in [-0.4, -0.2) is 13.1 Å². The van der Waals surface area contributed by atoms with Crippen LogP contribution in [0.4, 0.5) is 0 Å². The number of hydrogen-bond donors (Lipinski definition) is 0. The fourth-order valence-corrected chi connectivity index (χ4v) is 2.39. The Bertz CT molecular complexity index is 771. The molecule has 2 aromatic carbocycles. The van der Waals surface area contributed by atoms with Gasteiger partial charge in [0.15, 0.2) is 0 Å². The molecule has 0 radical (unpaired) electrons. The maximum absolute atomic E-state index is 11.6. The van der Waals surface area contributed by atoms with E-state index in [0.717, 1.165) is 28.0 Å². The van der Waals surface area contributed by atoms with E-state index < -0.39 is 5.97 Å². The van der Waals surface area contributed by atoms with E-state index in [9.17, 15) is 4.79 Å². The lowest BCUT2D eigenvalue weighted by atomic mass is 9.97. The molecule has 3 heteroatoms. The Morgan fingerprint density at radius 1 is 1.14 bits per heavy atom. The number of carbonyl (C=O) groups is 1. The van der Waals surface area contributed by atoms with E-state index in [1.54, 1.807) is 0 Å². The highest BCUT2D eigenvalue weighted by Crippen LogP contribution is 2.36. The van der Waals surface area contributed by atoms with Crippen molar-refractivity contribution in [1.82, 2.24) is 0 Å². The number of esters is 1. The fraction of sp³-hybridized carbons (Fsp3) is 0.105. The summed E-state index contributed by atoms with van der Waals surface area (Å²) in [6.07, 6.45) is 3.41. The molecule has 0 saturated heterocycles. The van der Waals surface area contributed by atoms with E-state index in [1.807, 2.05) is 55.5 Å². The number of methoxy groups -OCH3 is 1. The Hall–Kier alpha value is -2.81. The molecular formula is C19H16O3. The van der Waals surface area contributed by atoms with Crippen LogP contribution in [-0.2, 0) is 9.53 Å². The summed E-state index contributed by atoms with van der Waals surface area (Å²) in [5.74, 6) is 0.794. The average Bonchev–Trinajstić information content (AvgIpc) is 2.55. The van der Waals surface area contributed by atoms with E-state index in [2.05, 4.69) is 6.07 Å². The van der Waals surface area contributed by atoms with E-state index in [-0.39, 0.29) is 0 Å². The zero-order valence-corrected chi connectivity index (χ0v) is 12.5. The summed E-state index contributed by atoms with van der Waals surface area (Å²) in [6, 6.07) is 15.8. The Kier molecular flexibility index (Phi) is 3.79. The van der Waals surface area contributed by atoms with Crippen LogP contribution in [0.5, 0.6) is 5.75 Å². The van der Waals surface area contributed by atoms with Gasteiger partial charge in [-0.25, -0.2) is 4.79 Å². The lowest BCUT2D eigenvalue weighted by Crippen LogP contribution is -2.08. The van der Waals surface area contributed by atoms with Crippen molar-refractivity contribution < 1.29 is 14.3 Å². The Morgan fingerprint density at radius 2 is 1.91 bits per heavy atom. The Balaban J connectivity index is 2.14. The molecule has 0 amide bonds. The van der Waals surface area contributed by atoms with Crippen LogP contribution >= 0.6 is 0 Å². The molecule has 0 atom stereocenters. The lowest BCUT2D eigenvalue weighted by molar-refractivity contribution is -0.134. The maximum atomic E-state index is 11.6. The largest absolute Gasteiger partial charge is 0.466 e. The van der Waals surface area contributed by atoms with Gasteiger partial charge >= 0.3 is 5.97 Å². The molecular weight excluding hydrogens is 276 g/mol. The van der Waals surface area contributed by atoms with E-state index >= 15 is 0 Å². The molecule has 0 unspecified atom stereocenters. The van der Waals surface area contributed by atoms with Gasteiger partial charge in [-0.2, -0.15) is 0 Å². The highest BCUT2D eigenvalue weighted by Gasteiger charge is 2.19. The van der Waals surface area contributed by atoms with Crippen LogP contribution < -0.4 is 4.74 Å². The molecule has 0 fully saturated rings. The standard InChI is InChI=1S/C19H16O3/c1-13-8-9-17-15(10-13)11-16(14-6-4-3-5-7-14)18(22-17)12-19(20)21-2/h3-12H,1-2H3/b18-12-. The van der Waals surface area contributed by atoms with Crippen molar-refractivity contribution >= 4 is 17.6 Å². The first-order valence-electron chi connectivity index (χ1n) is 7.03. The minimum atomic E-state index is -0.438. The van der Waals surface area contributed by atoms with Crippen molar-refractivity contribution in [3.8, 4) is 5.75 Å². The van der Waals surface area contributed by atoms with E-state index in [4.69, 9.17) is 9.47 Å². The van der Waals surface area contributed by atoms with E-state index in [0.29, 0.717) is 5.76 Å². The van der Waals surface area contributed by atoms with Crippen molar-refractivity contribution in [2.45, 2.75) is 6.92 Å². The summed E-state index contributed by atoms with van der Waals surface area (Å²) >= 11 is 0. The molecule has 1 heterocycles. The third-order valence-corrected chi connectivity index (χ3v) is 3.49. The van der Waals surface area contributed by atoms with Crippen LogP contribution in [0.3, 0.4) is 0 Å². The van der Waals surface area contributed by atoms with Gasteiger partial charge in [-0.1, -0.05) is 42.0 Å². The van der Waals surface area contributed by atoms with Crippen molar-refractivity contribution in [3.63, 3.8) is 0 Å². The highest BCUT2D eigenvalue weighted by molar-refractivity contribution is 5.97. The Labute approximate surface area is 129 Å². The zero-order chi connectivity index (χ0) is 15.5. The second-order valence-electron chi connectivity index (χ2n) is 5.10. The number of aryl methyl sites for hydroxylation is 1. The Morgan fingerprint density at radius 3 is 2.64 bits per heavy atom. The van der Waals surface area contributed by atoms with Crippen LogP contribution in [0.15, 0.2) is 60.4 Å². The van der Waals surface area contributed by atoms with Crippen molar-refractivity contribution in [2.75, 3.05) is 7.11 Å². The van der Waals surface area contributed by atoms with Gasteiger partial charge < -0.3 is 9.47 Å². The molecule has 0 aliphatic carbocycles. The SMILES string of the molecule is COC(=O)/C=C1\Oc2ccc(C)cc2C=C1c1ccccc1. The number of ether oxygens (including phenoxy) is 2. The first-order valence-corrected chi connectivity index (χ1v) is 7.03. The molecule has 0 aromatic heterocycles. The minimum absolute atomic E-state index is 0.438. The number of allylic oxidation sites excluding steroid dienone is 1. The molecule has 3 rings (SSSR count). The van der Waals surface area contributed by atoms with Crippen LogP contribution in [0, 0.1) is 6.92 Å². The van der Waals surface area contributed by atoms with Gasteiger partial charge in [0.05, 0.1) is 13.2 Å². The number of benzene rings is 2. The third-order valence-electron chi connectivity index (χ3n) is 3.49. The van der Waals surface area contributed by atoms with Crippen molar-refractivity contribution in [2.24, 2.45) is 0 Å². The summed E-state index contributed by atoms with van der Waals surface area (Å²) in [4.78, 5) is 11.6. The summed E-state index contributed by atoms with van der Waals surface area (Å²) < 4.78 is 10.6. The van der Waals surface area contributed by atoms with Gasteiger partial charge in [-0.3, -0.25) is 0 Å². The summed E-state index contributed by atoms with van der Waals surface area (Å²) in [6.45, 7) is 2.04. The molecule has 0 bridgehead atoms. The molecule has 110 valence electrons. The highest BCUT2D eigenvalue weighted by atomic mass is 16.5. The van der Waals surface area contributed by atoms with Gasteiger partial charge in [0.1, 0.15) is 11.5 Å². The lowest BCUT2D eigenvalue weighted by Gasteiger charge is -2.21. The first kappa shape index (κ1) is 14.1. The van der Waals surface area contributed by atoms with Gasteiger partial charge in [0, 0.05) is 11.1 Å². The molecule has 2 aromatic rings. The monoisotopic (exact) mass is 292 g/mol. The molecule has 22 heavy (non-hydrogen) atoms. The normalized spacial score (nSPS) is 14.8. The van der Waals surface area contributed by atoms with Gasteiger partial charge in [0.2, 0.25) is 0 Å². The van der Waals surface area contributed by atoms with Gasteiger partial charge in [0.25, 0.3) is 0 Å². The fourth-order valence-electron chi connectivity index (χ4n) is 2.39. The second-order valence-corrected chi connectivity index (χ2v) is 5.10. The molecule has 0 N–H and O–H groups in total. The molecule has 1 aliphatic heterocycles. The van der Waals surface area contributed by atoms with E-state index in [1.165, 1.54) is 13.2 Å². The van der Waals surface area contributed by atoms with Crippen LogP contribution in [0.1, 0.15) is 16.7 Å². The van der Waals surface area contributed by atoms with Crippen LogP contribution in [0.25, 0.3) is 11.6 Å². The third kappa shape index (κ3) is 2.79. The average molecular weight is 292 g/mol. The van der Waals surface area contributed by atoms with Gasteiger partial charge in [-0.15, -0.1) is 0 Å². The number of fused-ring (bicyclic) bond motifs is 1. The predicted molar refractivity (Wildman–Crippen MR) is 86.2 cm³/mol. The summed E-state index contributed by atoms with van der Waals surface area (Å²) in [5.41, 5.74) is 4.01. The quantitative estimate of drug-likeness (QED) is 0.620. The predicted octanol–water partition coefficient (Wildman–Crippen LogP) is 3.98.